The van der Waals surface area contributed by atoms with E-state index in [1.54, 1.807) is 19.1 Å². The molecule has 4 fully saturated rings. The number of hydroxylamine groups is 2. The lowest BCUT2D eigenvalue weighted by molar-refractivity contribution is -0.183. The number of rotatable bonds is 7. The van der Waals surface area contributed by atoms with E-state index in [-0.39, 0.29) is 18.6 Å². The predicted octanol–water partition coefficient (Wildman–Crippen LogP) is 2.66. The summed E-state index contributed by atoms with van der Waals surface area (Å²) >= 11 is 0. The average Bonchev–Trinajstić information content (AvgIpc) is 3.13. The van der Waals surface area contributed by atoms with E-state index >= 15 is 0 Å². The Morgan fingerprint density at radius 1 is 1.36 bits per heavy atom. The number of carbonyl (C=O) groups excluding carboxylic acids is 1. The molecular formula is C26H40N2O5. The third-order valence-corrected chi connectivity index (χ3v) is 8.89. The van der Waals surface area contributed by atoms with Crippen molar-refractivity contribution < 1.29 is 24.6 Å². The van der Waals surface area contributed by atoms with Crippen molar-refractivity contribution in [1.29, 1.82) is 0 Å². The van der Waals surface area contributed by atoms with Crippen LogP contribution in [0.25, 0.3) is 0 Å². The van der Waals surface area contributed by atoms with Crippen LogP contribution in [0, 0.1) is 36.0 Å². The van der Waals surface area contributed by atoms with Gasteiger partial charge in [-0.05, 0) is 55.4 Å². The maximum absolute atomic E-state index is 13.7. The van der Waals surface area contributed by atoms with Crippen molar-refractivity contribution >= 4 is 5.91 Å². The van der Waals surface area contributed by atoms with Gasteiger partial charge in [0.15, 0.2) is 0 Å². The molecule has 0 aromatic heterocycles. The fourth-order valence-electron chi connectivity index (χ4n) is 6.78. The number of methoxy groups -OCH3 is 1. The molecule has 184 valence electrons. The second kappa shape index (κ2) is 9.17. The highest BCUT2D eigenvalue weighted by molar-refractivity contribution is 5.82. The average molecular weight is 461 g/mol. The van der Waals surface area contributed by atoms with Gasteiger partial charge in [0.05, 0.1) is 26.4 Å². The quantitative estimate of drug-likeness (QED) is 0.580. The van der Waals surface area contributed by atoms with E-state index in [0.29, 0.717) is 29.7 Å². The third kappa shape index (κ3) is 4.18. The number of ether oxygens (including phenoxy) is 1. The van der Waals surface area contributed by atoms with Crippen molar-refractivity contribution in [1.82, 2.24) is 10.4 Å². The minimum atomic E-state index is -0.807. The van der Waals surface area contributed by atoms with Gasteiger partial charge < -0.3 is 20.3 Å². The number of hydrogen-bond donors (Lipinski definition) is 3. The van der Waals surface area contributed by atoms with Gasteiger partial charge in [-0.1, -0.05) is 39.0 Å². The van der Waals surface area contributed by atoms with E-state index in [4.69, 9.17) is 9.57 Å². The van der Waals surface area contributed by atoms with E-state index in [1.165, 1.54) is 6.42 Å². The van der Waals surface area contributed by atoms with Gasteiger partial charge in [0.2, 0.25) is 5.91 Å². The summed E-state index contributed by atoms with van der Waals surface area (Å²) in [5.74, 6) is 1.74. The van der Waals surface area contributed by atoms with Crippen LogP contribution in [0.4, 0.5) is 0 Å². The fraction of sp³-hybridized carbons (Fsp3) is 0.731. The molecule has 3 N–H and O–H groups in total. The molecule has 5 rings (SSSR count). The zero-order chi connectivity index (χ0) is 24.1. The fourth-order valence-corrected chi connectivity index (χ4v) is 6.78. The molecule has 0 spiro atoms. The number of amides is 1. The molecule has 8 atom stereocenters. The molecule has 7 heteroatoms. The Morgan fingerprint density at radius 3 is 2.67 bits per heavy atom. The van der Waals surface area contributed by atoms with Crippen LogP contribution in [0.15, 0.2) is 18.2 Å². The summed E-state index contributed by atoms with van der Waals surface area (Å²) in [6, 6.07) is 5.29. The number of aliphatic hydroxyl groups is 2. The lowest BCUT2D eigenvalue weighted by atomic mass is 9.45. The van der Waals surface area contributed by atoms with Crippen LogP contribution < -0.4 is 10.1 Å². The van der Waals surface area contributed by atoms with Gasteiger partial charge in [0.1, 0.15) is 17.9 Å². The Kier molecular flexibility index (Phi) is 6.80. The summed E-state index contributed by atoms with van der Waals surface area (Å²) in [5, 5.41) is 25.4. The number of aryl methyl sites for hydroxylation is 1. The molecule has 33 heavy (non-hydrogen) atoms. The van der Waals surface area contributed by atoms with Crippen LogP contribution in [-0.4, -0.2) is 59.2 Å². The number of nitrogens with zero attached hydrogens (tertiary/aromatic N) is 1. The van der Waals surface area contributed by atoms with Gasteiger partial charge in [-0.2, -0.15) is 5.06 Å². The van der Waals surface area contributed by atoms with E-state index in [9.17, 15) is 15.0 Å². The summed E-state index contributed by atoms with van der Waals surface area (Å²) < 4.78 is 5.60. The summed E-state index contributed by atoms with van der Waals surface area (Å²) in [4.78, 5) is 19.7. The maximum Gasteiger partial charge on any atom is 0.240 e. The molecule has 1 aliphatic heterocycles. The van der Waals surface area contributed by atoms with E-state index in [0.717, 1.165) is 23.3 Å². The number of fused-ring (bicyclic) bond motifs is 2. The van der Waals surface area contributed by atoms with Crippen molar-refractivity contribution in [2.24, 2.45) is 29.1 Å². The van der Waals surface area contributed by atoms with Gasteiger partial charge in [-0.25, -0.2) is 0 Å². The predicted molar refractivity (Wildman–Crippen MR) is 125 cm³/mol. The van der Waals surface area contributed by atoms with E-state index in [1.807, 2.05) is 25.1 Å². The first kappa shape index (κ1) is 24.5. The third-order valence-electron chi connectivity index (χ3n) is 8.89. The Hall–Kier alpha value is -1.67. The number of benzene rings is 1. The Labute approximate surface area is 197 Å². The Morgan fingerprint density at radius 2 is 2.09 bits per heavy atom. The molecule has 1 saturated heterocycles. The van der Waals surface area contributed by atoms with Crippen LogP contribution in [0.5, 0.6) is 5.75 Å². The molecule has 2 bridgehead atoms. The number of carbonyl (C=O) groups is 1. The maximum atomic E-state index is 13.7. The lowest BCUT2D eigenvalue weighted by Gasteiger charge is -2.62. The lowest BCUT2D eigenvalue weighted by Crippen LogP contribution is -2.62. The highest BCUT2D eigenvalue weighted by atomic mass is 16.7. The van der Waals surface area contributed by atoms with Crippen molar-refractivity contribution in [3.05, 3.63) is 29.3 Å². The minimum absolute atomic E-state index is 0.118. The van der Waals surface area contributed by atoms with Crippen molar-refractivity contribution in [3.63, 3.8) is 0 Å². The Balaban J connectivity index is 1.57. The van der Waals surface area contributed by atoms with Crippen LogP contribution in [0.2, 0.25) is 0 Å². The van der Waals surface area contributed by atoms with Gasteiger partial charge >= 0.3 is 0 Å². The number of aliphatic hydroxyl groups excluding tert-OH is 2. The summed E-state index contributed by atoms with van der Waals surface area (Å²) in [5.41, 5.74) is 2.24. The highest BCUT2D eigenvalue weighted by Gasteiger charge is 2.57. The van der Waals surface area contributed by atoms with Gasteiger partial charge in [0.25, 0.3) is 0 Å². The van der Waals surface area contributed by atoms with Gasteiger partial charge in [0, 0.05) is 17.5 Å². The van der Waals surface area contributed by atoms with E-state index in [2.05, 4.69) is 26.1 Å². The molecule has 1 amide bonds. The highest BCUT2D eigenvalue weighted by Crippen LogP contribution is 2.61. The van der Waals surface area contributed by atoms with Crippen molar-refractivity contribution in [3.8, 4) is 5.75 Å². The monoisotopic (exact) mass is 460 g/mol. The minimum Gasteiger partial charge on any atom is -0.496 e. The van der Waals surface area contributed by atoms with Gasteiger partial charge in [-0.3, -0.25) is 9.63 Å². The molecule has 3 aliphatic carbocycles. The zero-order valence-corrected chi connectivity index (χ0v) is 20.7. The molecule has 7 nitrogen and oxygen atoms in total. The number of nitrogens with one attached hydrogen (secondary N) is 1. The molecule has 3 saturated carbocycles. The molecule has 4 aliphatic rings. The van der Waals surface area contributed by atoms with Crippen LogP contribution >= 0.6 is 0 Å². The first-order chi connectivity index (χ1) is 15.6. The molecule has 1 aromatic rings. The largest absolute Gasteiger partial charge is 0.496 e. The van der Waals surface area contributed by atoms with Gasteiger partial charge in [-0.15, -0.1) is 0 Å². The summed E-state index contributed by atoms with van der Waals surface area (Å²) in [7, 11) is 1.63. The second-order valence-corrected chi connectivity index (χ2v) is 11.0. The van der Waals surface area contributed by atoms with Crippen LogP contribution in [-0.2, 0) is 16.2 Å². The smallest absolute Gasteiger partial charge is 0.240 e. The molecule has 1 aromatic carbocycles. The normalized spacial score (nSPS) is 36.2. The summed E-state index contributed by atoms with van der Waals surface area (Å²) in [6.07, 6.45) is 0.777. The first-order valence-electron chi connectivity index (χ1n) is 12.2. The Bertz CT molecular complexity index is 872. The molecular weight excluding hydrogens is 420 g/mol. The zero-order valence-electron chi connectivity index (χ0n) is 20.7. The number of para-hydroxylation sites is 1. The van der Waals surface area contributed by atoms with E-state index < -0.39 is 24.2 Å². The van der Waals surface area contributed by atoms with Crippen molar-refractivity contribution in [2.75, 3.05) is 13.7 Å². The van der Waals surface area contributed by atoms with Crippen molar-refractivity contribution in [2.45, 2.75) is 78.3 Å². The molecule has 1 heterocycles. The number of hydrogen-bond acceptors (Lipinski definition) is 6. The second-order valence-electron chi connectivity index (χ2n) is 11.0. The topological polar surface area (TPSA) is 91.3 Å². The molecule has 0 radical (unpaired) electrons. The van der Waals surface area contributed by atoms with Crippen LogP contribution in [0.1, 0.15) is 51.7 Å². The molecule has 1 unspecified atom stereocenters. The summed E-state index contributed by atoms with van der Waals surface area (Å²) in [6.45, 7) is 10.6. The standard InChI is InChI=1S/C26H40N2O5/c1-14-8-7-9-17(24(14)32-6)12-28-23(22(16(3)30)21(13-29)33-28)25(31)27-20-11-18-10-19(15(20)2)26(18,4)5/h7-9,15-16,18-23,29-30H,10-13H2,1-6H3,(H,27,31)/t15-,16-,18+,19-,20-,21-,22?,23-/m0/s1. The van der Waals surface area contributed by atoms with Crippen LogP contribution in [0.3, 0.4) is 0 Å². The first-order valence-corrected chi connectivity index (χ1v) is 12.2. The SMILES string of the molecule is COc1c(C)cccc1CN1O[C@@H](CO)C([C@H](C)O)[C@H]1C(=O)N[C@H]1C[C@H]2C[C@@H]([C@@H]1C)C2(C)C.